The maximum Gasteiger partial charge on any atom is 0.306 e. The lowest BCUT2D eigenvalue weighted by atomic mass is 9.82. The number of fused-ring (bicyclic) bond motifs is 1. The molecule has 0 spiro atoms. The summed E-state index contributed by atoms with van der Waals surface area (Å²) in [5.41, 5.74) is 5.56. The van der Waals surface area contributed by atoms with Crippen LogP contribution < -0.4 is 9.47 Å². The summed E-state index contributed by atoms with van der Waals surface area (Å²) in [6.45, 7) is 11.2. The molecule has 224 valence electrons. The van der Waals surface area contributed by atoms with E-state index < -0.39 is 11.9 Å². The number of aliphatic carboxylic acids is 1. The number of rotatable bonds is 11. The average Bonchev–Trinajstić information content (AvgIpc) is 3.80. The lowest BCUT2D eigenvalue weighted by molar-refractivity contribution is -0.142. The van der Waals surface area contributed by atoms with E-state index >= 15 is 4.39 Å². The molecule has 0 saturated heterocycles. The first kappa shape index (κ1) is 30.0. The molecule has 0 unspecified atom stereocenters. The quantitative estimate of drug-likeness (QED) is 0.252. The summed E-state index contributed by atoms with van der Waals surface area (Å²) in [6.07, 6.45) is 4.92. The van der Waals surface area contributed by atoms with Crippen LogP contribution in [-0.4, -0.2) is 40.2 Å². The molecule has 42 heavy (non-hydrogen) atoms. The molecule has 0 radical (unpaired) electrons. The van der Waals surface area contributed by atoms with E-state index in [9.17, 15) is 9.90 Å². The Bertz CT molecular complexity index is 1430. The fourth-order valence-corrected chi connectivity index (χ4v) is 6.51. The Labute approximate surface area is 248 Å². The van der Waals surface area contributed by atoms with E-state index in [1.54, 1.807) is 6.07 Å². The Morgan fingerprint density at radius 1 is 1.05 bits per heavy atom. The van der Waals surface area contributed by atoms with Crippen molar-refractivity contribution in [1.29, 1.82) is 0 Å². The molecule has 1 aliphatic heterocycles. The Hall–Kier alpha value is -3.45. The van der Waals surface area contributed by atoms with Crippen molar-refractivity contribution in [3.63, 3.8) is 0 Å². The molecule has 5 rings (SSSR count). The molecule has 2 aromatic carbocycles. The van der Waals surface area contributed by atoms with E-state index in [0.29, 0.717) is 36.0 Å². The Morgan fingerprint density at radius 2 is 1.79 bits per heavy atom. The highest BCUT2D eigenvalue weighted by Gasteiger charge is 2.39. The minimum Gasteiger partial charge on any atom is -0.485 e. The molecule has 0 amide bonds. The van der Waals surface area contributed by atoms with Gasteiger partial charge in [-0.25, -0.2) is 9.37 Å². The molecule has 6 nitrogen and oxygen atoms in total. The highest BCUT2D eigenvalue weighted by atomic mass is 19.1. The fraction of sp³-hybridized carbons (Fsp3) is 0.486. The van der Waals surface area contributed by atoms with Gasteiger partial charge in [-0.15, -0.1) is 0 Å². The first-order chi connectivity index (χ1) is 20.1. The van der Waals surface area contributed by atoms with Gasteiger partial charge in [0.15, 0.2) is 0 Å². The molecule has 1 fully saturated rings. The minimum atomic E-state index is -0.754. The highest BCUT2D eigenvalue weighted by molar-refractivity contribution is 5.71. The van der Waals surface area contributed by atoms with E-state index in [1.807, 2.05) is 19.1 Å². The van der Waals surface area contributed by atoms with Crippen LogP contribution in [0.2, 0.25) is 0 Å². The molecule has 1 saturated carbocycles. The molecule has 1 N–H and O–H groups in total. The van der Waals surface area contributed by atoms with Crippen LogP contribution >= 0.6 is 0 Å². The Balaban J connectivity index is 1.50. The average molecular weight is 575 g/mol. The largest absolute Gasteiger partial charge is 0.485 e. The Kier molecular flexibility index (Phi) is 8.88. The summed E-state index contributed by atoms with van der Waals surface area (Å²) >= 11 is 0. The van der Waals surface area contributed by atoms with Gasteiger partial charge in [0.2, 0.25) is 5.88 Å². The molecule has 1 aliphatic carbocycles. The molecule has 2 aliphatic rings. The van der Waals surface area contributed by atoms with Crippen molar-refractivity contribution in [3.8, 4) is 22.8 Å². The number of benzene rings is 2. The summed E-state index contributed by atoms with van der Waals surface area (Å²) in [4.78, 5) is 18.3. The Morgan fingerprint density at radius 3 is 2.43 bits per heavy atom. The topological polar surface area (TPSA) is 71.9 Å². The second kappa shape index (κ2) is 12.4. The number of carboxylic acids is 1. The lowest BCUT2D eigenvalue weighted by Gasteiger charge is -2.32. The monoisotopic (exact) mass is 574 g/mol. The molecule has 2 heterocycles. The number of pyridine rings is 1. The molecule has 3 atom stereocenters. The van der Waals surface area contributed by atoms with Crippen LogP contribution in [0, 0.1) is 17.7 Å². The van der Waals surface area contributed by atoms with Gasteiger partial charge in [0.25, 0.3) is 0 Å². The van der Waals surface area contributed by atoms with E-state index in [2.05, 4.69) is 61.8 Å². The van der Waals surface area contributed by atoms with E-state index in [4.69, 9.17) is 9.47 Å². The van der Waals surface area contributed by atoms with Gasteiger partial charge in [0.1, 0.15) is 17.7 Å². The zero-order valence-electron chi connectivity index (χ0n) is 25.6. The SMILES string of the molecule is COc1cc(-c2ccc([C@@H]3CCc4ccc([C@H](C5CC5)[C@H](C)C(=O)O)cc4O3)cc2CN(C(C)C)C(C)C)c(F)cn1. The second-order valence-electron chi connectivity index (χ2n) is 12.5. The third-order valence-electron chi connectivity index (χ3n) is 8.99. The molecular weight excluding hydrogens is 531 g/mol. The van der Waals surface area contributed by atoms with Crippen molar-refractivity contribution < 1.29 is 23.8 Å². The van der Waals surface area contributed by atoms with E-state index in [-0.39, 0.29) is 17.8 Å². The smallest absolute Gasteiger partial charge is 0.306 e. The number of aryl methyl sites for hydroxylation is 1. The van der Waals surface area contributed by atoms with Crippen molar-refractivity contribution in [2.75, 3.05) is 7.11 Å². The van der Waals surface area contributed by atoms with Crippen LogP contribution in [0.25, 0.3) is 11.1 Å². The number of methoxy groups -OCH3 is 1. The first-order valence-corrected chi connectivity index (χ1v) is 15.2. The predicted octanol–water partition coefficient (Wildman–Crippen LogP) is 7.80. The second-order valence-corrected chi connectivity index (χ2v) is 12.5. The zero-order chi connectivity index (χ0) is 30.1. The van der Waals surface area contributed by atoms with E-state index in [1.165, 1.54) is 13.3 Å². The van der Waals surface area contributed by atoms with Crippen LogP contribution in [-0.2, 0) is 17.8 Å². The zero-order valence-corrected chi connectivity index (χ0v) is 25.6. The number of nitrogens with zero attached hydrogens (tertiary/aromatic N) is 2. The van der Waals surface area contributed by atoms with Gasteiger partial charge in [-0.05, 0) is 99.1 Å². The maximum atomic E-state index is 15.1. The third kappa shape index (κ3) is 6.31. The van der Waals surface area contributed by atoms with Gasteiger partial charge in [0.05, 0.1) is 19.2 Å². The highest BCUT2D eigenvalue weighted by Crippen LogP contribution is 2.48. The maximum absolute atomic E-state index is 15.1. The number of ether oxygens (including phenoxy) is 2. The van der Waals surface area contributed by atoms with Crippen molar-refractivity contribution in [2.24, 2.45) is 11.8 Å². The van der Waals surface area contributed by atoms with Gasteiger partial charge < -0.3 is 14.6 Å². The number of hydrogen-bond acceptors (Lipinski definition) is 5. The van der Waals surface area contributed by atoms with Crippen LogP contribution in [0.4, 0.5) is 4.39 Å². The van der Waals surface area contributed by atoms with Gasteiger partial charge in [-0.3, -0.25) is 9.69 Å². The lowest BCUT2D eigenvalue weighted by Crippen LogP contribution is -2.36. The standard InChI is InChI=1S/C35H43FN2O4/c1-20(2)38(21(3)4)19-27-15-25(11-13-28(27)29-17-33(41-6)37-18-30(29)36)31-14-12-23-7-10-26(16-32(23)42-31)34(24-8-9-24)22(5)35(39)40/h7,10-11,13,15-18,20-22,24,31,34H,8-9,12,14,19H2,1-6H3,(H,39,40)/t22-,31-,34-/m0/s1. The fourth-order valence-electron chi connectivity index (χ4n) is 6.51. The summed E-state index contributed by atoms with van der Waals surface area (Å²) in [5, 5.41) is 9.76. The van der Waals surface area contributed by atoms with Crippen LogP contribution in [0.15, 0.2) is 48.7 Å². The van der Waals surface area contributed by atoms with Crippen molar-refractivity contribution in [1.82, 2.24) is 9.88 Å². The van der Waals surface area contributed by atoms with Crippen molar-refractivity contribution >= 4 is 5.97 Å². The van der Waals surface area contributed by atoms with Crippen LogP contribution in [0.3, 0.4) is 0 Å². The number of carboxylic acid groups (broad SMARTS) is 1. The molecule has 7 heteroatoms. The van der Waals surface area contributed by atoms with Gasteiger partial charge in [-0.1, -0.05) is 37.3 Å². The number of carbonyl (C=O) groups is 1. The first-order valence-electron chi connectivity index (χ1n) is 15.2. The molecule has 3 aromatic rings. The van der Waals surface area contributed by atoms with Gasteiger partial charge >= 0.3 is 5.97 Å². The summed E-state index contributed by atoms with van der Waals surface area (Å²) in [6, 6.07) is 14.8. The van der Waals surface area contributed by atoms with Crippen molar-refractivity contribution in [2.45, 2.75) is 91.0 Å². The number of halogens is 1. The third-order valence-corrected chi connectivity index (χ3v) is 8.99. The number of hydrogen-bond donors (Lipinski definition) is 1. The summed E-state index contributed by atoms with van der Waals surface area (Å²) in [7, 11) is 1.53. The van der Waals surface area contributed by atoms with E-state index in [0.717, 1.165) is 59.3 Å². The molecule has 0 bridgehead atoms. The number of aromatic nitrogens is 1. The molecular formula is C35H43FN2O4. The van der Waals surface area contributed by atoms with Crippen LogP contribution in [0.5, 0.6) is 11.6 Å². The summed E-state index contributed by atoms with van der Waals surface area (Å²) in [5.74, 6) is 0.0396. The van der Waals surface area contributed by atoms with Gasteiger partial charge in [0, 0.05) is 30.3 Å². The normalized spacial score (nSPS) is 18.1. The van der Waals surface area contributed by atoms with Gasteiger partial charge in [-0.2, -0.15) is 0 Å². The molecule has 1 aromatic heterocycles. The summed E-state index contributed by atoms with van der Waals surface area (Å²) < 4.78 is 27.1. The minimum absolute atomic E-state index is 0.00652. The van der Waals surface area contributed by atoms with Crippen molar-refractivity contribution in [3.05, 3.63) is 76.7 Å². The van der Waals surface area contributed by atoms with Crippen LogP contribution in [0.1, 0.15) is 88.2 Å². The predicted molar refractivity (Wildman–Crippen MR) is 162 cm³/mol.